The van der Waals surface area contributed by atoms with E-state index in [2.05, 4.69) is 0 Å². The molecule has 1 rings (SSSR count). The molecule has 1 aliphatic rings. The fraction of sp³-hybridized carbons (Fsp3) is 1.00. The van der Waals surface area contributed by atoms with Crippen LogP contribution in [0.5, 0.6) is 0 Å². The molecule has 1 saturated carbocycles. The standard InChI is InChI=1S/C8H16O2/c9-7-3-1-2-4-8(10)6-5-7/h7-10H,1-6H2/t7-,8-/m1/s1. The molecule has 1 aliphatic carbocycles. The lowest BCUT2D eigenvalue weighted by molar-refractivity contribution is 0.0866. The molecule has 0 unspecified atom stereocenters. The van der Waals surface area contributed by atoms with Crippen molar-refractivity contribution in [2.75, 3.05) is 0 Å². The first-order valence-corrected chi connectivity index (χ1v) is 4.15. The molecule has 0 spiro atoms. The minimum atomic E-state index is -0.157. The van der Waals surface area contributed by atoms with Crippen LogP contribution in [0, 0.1) is 0 Å². The zero-order valence-corrected chi connectivity index (χ0v) is 6.29. The summed E-state index contributed by atoms with van der Waals surface area (Å²) in [4.78, 5) is 0. The van der Waals surface area contributed by atoms with Crippen molar-refractivity contribution in [3.8, 4) is 0 Å². The summed E-state index contributed by atoms with van der Waals surface area (Å²) in [6, 6.07) is 0. The molecule has 2 atom stereocenters. The van der Waals surface area contributed by atoms with Gasteiger partial charge >= 0.3 is 0 Å². The van der Waals surface area contributed by atoms with E-state index in [-0.39, 0.29) is 12.2 Å². The molecule has 0 amide bonds. The minimum absolute atomic E-state index is 0.157. The van der Waals surface area contributed by atoms with Gasteiger partial charge in [0.05, 0.1) is 12.2 Å². The Morgan fingerprint density at radius 2 is 1.10 bits per heavy atom. The summed E-state index contributed by atoms with van der Waals surface area (Å²) in [5.74, 6) is 0. The van der Waals surface area contributed by atoms with Crippen molar-refractivity contribution in [1.29, 1.82) is 0 Å². The molecule has 0 heterocycles. The average molecular weight is 144 g/mol. The van der Waals surface area contributed by atoms with Crippen LogP contribution in [0.3, 0.4) is 0 Å². The van der Waals surface area contributed by atoms with E-state index in [4.69, 9.17) is 0 Å². The van der Waals surface area contributed by atoms with Gasteiger partial charge in [0.25, 0.3) is 0 Å². The smallest absolute Gasteiger partial charge is 0.0541 e. The molecule has 0 aliphatic heterocycles. The minimum Gasteiger partial charge on any atom is -0.393 e. The Hall–Kier alpha value is -0.0800. The van der Waals surface area contributed by atoms with Gasteiger partial charge < -0.3 is 10.2 Å². The zero-order chi connectivity index (χ0) is 7.40. The molecule has 0 aromatic rings. The molecular weight excluding hydrogens is 128 g/mol. The highest BCUT2D eigenvalue weighted by atomic mass is 16.3. The van der Waals surface area contributed by atoms with Crippen molar-refractivity contribution >= 4 is 0 Å². The van der Waals surface area contributed by atoms with Crippen molar-refractivity contribution in [2.24, 2.45) is 0 Å². The molecule has 0 aromatic carbocycles. The van der Waals surface area contributed by atoms with Gasteiger partial charge in [-0.3, -0.25) is 0 Å². The molecule has 0 aromatic heterocycles. The first-order valence-electron chi connectivity index (χ1n) is 4.15. The predicted octanol–water partition coefficient (Wildman–Crippen LogP) is 1.06. The highest BCUT2D eigenvalue weighted by molar-refractivity contribution is 4.66. The van der Waals surface area contributed by atoms with E-state index in [1.807, 2.05) is 0 Å². The Balaban J connectivity index is 2.23. The van der Waals surface area contributed by atoms with Gasteiger partial charge in [0.1, 0.15) is 0 Å². The lowest BCUT2D eigenvalue weighted by atomic mass is 9.97. The van der Waals surface area contributed by atoms with Crippen LogP contribution in [0.2, 0.25) is 0 Å². The number of aliphatic hydroxyl groups excluding tert-OH is 2. The molecule has 2 nitrogen and oxygen atoms in total. The van der Waals surface area contributed by atoms with Gasteiger partial charge in [0.2, 0.25) is 0 Å². The summed E-state index contributed by atoms with van der Waals surface area (Å²) in [7, 11) is 0. The van der Waals surface area contributed by atoms with Crippen molar-refractivity contribution in [2.45, 2.75) is 50.7 Å². The number of hydrogen-bond acceptors (Lipinski definition) is 2. The molecule has 0 bridgehead atoms. The summed E-state index contributed by atoms with van der Waals surface area (Å²) >= 11 is 0. The number of aliphatic hydroxyl groups is 2. The van der Waals surface area contributed by atoms with Gasteiger partial charge in [-0.05, 0) is 25.7 Å². The summed E-state index contributed by atoms with van der Waals surface area (Å²) in [5, 5.41) is 18.4. The van der Waals surface area contributed by atoms with Gasteiger partial charge in [-0.25, -0.2) is 0 Å². The second-order valence-electron chi connectivity index (χ2n) is 3.17. The van der Waals surface area contributed by atoms with E-state index in [1.54, 1.807) is 0 Å². The Labute approximate surface area is 61.9 Å². The Morgan fingerprint density at radius 1 is 0.700 bits per heavy atom. The van der Waals surface area contributed by atoms with Crippen LogP contribution in [0.4, 0.5) is 0 Å². The quantitative estimate of drug-likeness (QED) is 0.533. The molecule has 60 valence electrons. The van der Waals surface area contributed by atoms with E-state index in [1.165, 1.54) is 0 Å². The highest BCUT2D eigenvalue weighted by Crippen LogP contribution is 2.17. The largest absolute Gasteiger partial charge is 0.393 e. The fourth-order valence-corrected chi connectivity index (χ4v) is 1.43. The lowest BCUT2D eigenvalue weighted by Crippen LogP contribution is -2.16. The predicted molar refractivity (Wildman–Crippen MR) is 39.7 cm³/mol. The van der Waals surface area contributed by atoms with Crippen LogP contribution in [-0.2, 0) is 0 Å². The summed E-state index contributed by atoms with van der Waals surface area (Å²) < 4.78 is 0. The maximum atomic E-state index is 9.22. The number of hydrogen-bond donors (Lipinski definition) is 2. The van der Waals surface area contributed by atoms with Gasteiger partial charge in [0, 0.05) is 0 Å². The maximum absolute atomic E-state index is 9.22. The third-order valence-corrected chi connectivity index (χ3v) is 2.16. The molecule has 1 fully saturated rings. The third kappa shape index (κ3) is 2.67. The maximum Gasteiger partial charge on any atom is 0.0541 e. The van der Waals surface area contributed by atoms with Gasteiger partial charge in [-0.15, -0.1) is 0 Å². The van der Waals surface area contributed by atoms with E-state index < -0.39 is 0 Å². The fourth-order valence-electron chi connectivity index (χ4n) is 1.43. The van der Waals surface area contributed by atoms with Crippen LogP contribution in [0.15, 0.2) is 0 Å². The summed E-state index contributed by atoms with van der Waals surface area (Å²) in [6.45, 7) is 0. The van der Waals surface area contributed by atoms with Crippen molar-refractivity contribution in [1.82, 2.24) is 0 Å². The second kappa shape index (κ2) is 3.94. The number of rotatable bonds is 0. The first kappa shape index (κ1) is 8.02. The third-order valence-electron chi connectivity index (χ3n) is 2.16. The molecule has 2 heteroatoms. The molecule has 2 N–H and O–H groups in total. The van der Waals surface area contributed by atoms with Crippen LogP contribution in [0.1, 0.15) is 38.5 Å². The first-order chi connectivity index (χ1) is 4.79. The van der Waals surface area contributed by atoms with Crippen molar-refractivity contribution in [3.63, 3.8) is 0 Å². The lowest BCUT2D eigenvalue weighted by Gasteiger charge is -2.17. The van der Waals surface area contributed by atoms with Crippen LogP contribution < -0.4 is 0 Å². The topological polar surface area (TPSA) is 40.5 Å². The van der Waals surface area contributed by atoms with Gasteiger partial charge in [0.15, 0.2) is 0 Å². The average Bonchev–Trinajstić information content (AvgIpc) is 1.90. The normalized spacial score (nSPS) is 36.6. The Morgan fingerprint density at radius 3 is 1.50 bits per heavy atom. The van der Waals surface area contributed by atoms with E-state index >= 15 is 0 Å². The molecule has 10 heavy (non-hydrogen) atoms. The van der Waals surface area contributed by atoms with Crippen molar-refractivity contribution < 1.29 is 10.2 Å². The van der Waals surface area contributed by atoms with Crippen LogP contribution >= 0.6 is 0 Å². The highest BCUT2D eigenvalue weighted by Gasteiger charge is 2.12. The zero-order valence-electron chi connectivity index (χ0n) is 6.29. The van der Waals surface area contributed by atoms with E-state index in [0.29, 0.717) is 0 Å². The van der Waals surface area contributed by atoms with Gasteiger partial charge in [-0.2, -0.15) is 0 Å². The molecule has 0 radical (unpaired) electrons. The molecular formula is C8H16O2. The monoisotopic (exact) mass is 144 g/mol. The molecule has 0 saturated heterocycles. The Kier molecular flexibility index (Phi) is 3.16. The van der Waals surface area contributed by atoms with Crippen LogP contribution in [-0.4, -0.2) is 22.4 Å². The van der Waals surface area contributed by atoms with Gasteiger partial charge in [-0.1, -0.05) is 12.8 Å². The second-order valence-corrected chi connectivity index (χ2v) is 3.17. The SMILES string of the molecule is O[C@@H]1CCCC[C@@H](O)CC1. The summed E-state index contributed by atoms with van der Waals surface area (Å²) in [5.41, 5.74) is 0. The summed E-state index contributed by atoms with van der Waals surface area (Å²) in [6.07, 6.45) is 5.22. The Bertz CT molecular complexity index is 81.3. The van der Waals surface area contributed by atoms with Crippen LogP contribution in [0.25, 0.3) is 0 Å². The van der Waals surface area contributed by atoms with E-state index in [9.17, 15) is 10.2 Å². The van der Waals surface area contributed by atoms with E-state index in [0.717, 1.165) is 38.5 Å². The van der Waals surface area contributed by atoms with Crippen molar-refractivity contribution in [3.05, 3.63) is 0 Å².